The van der Waals surface area contributed by atoms with Crippen LogP contribution in [0.3, 0.4) is 0 Å². The minimum Gasteiger partial charge on any atom is -0.353 e. The predicted octanol–water partition coefficient (Wildman–Crippen LogP) is 1.93. The van der Waals surface area contributed by atoms with Gasteiger partial charge in [0.25, 0.3) is 0 Å². The van der Waals surface area contributed by atoms with E-state index in [4.69, 9.17) is 0 Å². The Morgan fingerprint density at radius 2 is 1.81 bits per heavy atom. The SMILES string of the molecule is O=C1NCCN(C/C=C/c2ccccc2)[C@@H]1CC(=O)N1CCC(N2CCSCC2)CC1. The highest BCUT2D eigenvalue weighted by atomic mass is 32.2. The summed E-state index contributed by atoms with van der Waals surface area (Å²) in [5.41, 5.74) is 1.15. The molecule has 2 amide bonds. The van der Waals surface area contributed by atoms with Crippen LogP contribution in [0.2, 0.25) is 0 Å². The summed E-state index contributed by atoms with van der Waals surface area (Å²) in [7, 11) is 0. The van der Waals surface area contributed by atoms with Gasteiger partial charge in [0.2, 0.25) is 11.8 Å². The van der Waals surface area contributed by atoms with E-state index < -0.39 is 0 Å². The zero-order valence-electron chi connectivity index (χ0n) is 18.2. The fourth-order valence-corrected chi connectivity index (χ4v) is 5.74. The monoisotopic (exact) mass is 442 g/mol. The number of hydrogen-bond acceptors (Lipinski definition) is 5. The smallest absolute Gasteiger partial charge is 0.237 e. The number of benzene rings is 1. The second-order valence-electron chi connectivity index (χ2n) is 8.58. The van der Waals surface area contributed by atoms with Gasteiger partial charge in [-0.15, -0.1) is 0 Å². The molecule has 0 aliphatic carbocycles. The lowest BCUT2D eigenvalue weighted by Gasteiger charge is -2.41. The molecule has 3 fully saturated rings. The maximum absolute atomic E-state index is 13.0. The maximum Gasteiger partial charge on any atom is 0.237 e. The minimum absolute atomic E-state index is 0.0200. The van der Waals surface area contributed by atoms with Crippen LogP contribution < -0.4 is 5.32 Å². The van der Waals surface area contributed by atoms with Crippen LogP contribution in [0.1, 0.15) is 24.8 Å². The van der Waals surface area contributed by atoms with Crippen molar-refractivity contribution in [1.29, 1.82) is 0 Å². The highest BCUT2D eigenvalue weighted by Gasteiger charge is 2.34. The molecule has 6 nitrogen and oxygen atoms in total. The van der Waals surface area contributed by atoms with Crippen LogP contribution in [0.4, 0.5) is 0 Å². The van der Waals surface area contributed by atoms with Gasteiger partial charge in [0.15, 0.2) is 0 Å². The van der Waals surface area contributed by atoms with E-state index in [0.717, 1.165) is 38.0 Å². The first-order chi connectivity index (χ1) is 15.2. The third-order valence-electron chi connectivity index (χ3n) is 6.64. The molecule has 0 aromatic heterocycles. The van der Waals surface area contributed by atoms with Crippen LogP contribution in [0.5, 0.6) is 0 Å². The fourth-order valence-electron chi connectivity index (χ4n) is 4.81. The Balaban J connectivity index is 1.29. The molecule has 31 heavy (non-hydrogen) atoms. The van der Waals surface area contributed by atoms with Gasteiger partial charge in [-0.1, -0.05) is 42.5 Å². The second kappa shape index (κ2) is 11.2. The summed E-state index contributed by atoms with van der Waals surface area (Å²) in [4.78, 5) is 32.3. The Kier molecular flexibility index (Phi) is 8.05. The van der Waals surface area contributed by atoms with Crippen molar-refractivity contribution in [3.63, 3.8) is 0 Å². The number of amides is 2. The molecule has 3 saturated heterocycles. The highest BCUT2D eigenvalue weighted by molar-refractivity contribution is 7.99. The van der Waals surface area contributed by atoms with Crippen molar-refractivity contribution in [2.45, 2.75) is 31.3 Å². The van der Waals surface area contributed by atoms with Gasteiger partial charge in [-0.3, -0.25) is 19.4 Å². The molecule has 0 radical (unpaired) electrons. The summed E-state index contributed by atoms with van der Waals surface area (Å²) in [5, 5.41) is 2.94. The number of piperazine rings is 1. The molecule has 1 N–H and O–H groups in total. The number of carbonyl (C=O) groups is 2. The number of nitrogens with one attached hydrogen (secondary N) is 1. The van der Waals surface area contributed by atoms with Crippen LogP contribution in [0.25, 0.3) is 6.08 Å². The topological polar surface area (TPSA) is 55.9 Å². The quantitative estimate of drug-likeness (QED) is 0.730. The lowest BCUT2D eigenvalue weighted by molar-refractivity contribution is -0.139. The first-order valence-corrected chi connectivity index (χ1v) is 12.7. The zero-order valence-corrected chi connectivity index (χ0v) is 19.1. The summed E-state index contributed by atoms with van der Waals surface area (Å²) in [6, 6.07) is 10.4. The van der Waals surface area contributed by atoms with Crippen molar-refractivity contribution in [1.82, 2.24) is 20.0 Å². The van der Waals surface area contributed by atoms with Gasteiger partial charge in [0, 0.05) is 63.4 Å². The molecule has 1 aromatic rings. The Hall–Kier alpha value is -1.83. The highest BCUT2D eigenvalue weighted by Crippen LogP contribution is 2.22. The molecule has 0 unspecified atom stereocenters. The van der Waals surface area contributed by atoms with E-state index in [1.165, 1.54) is 24.6 Å². The number of nitrogens with zero attached hydrogens (tertiary/aromatic N) is 3. The second-order valence-corrected chi connectivity index (χ2v) is 9.80. The van der Waals surface area contributed by atoms with Crippen LogP contribution in [-0.4, -0.2) is 95.9 Å². The van der Waals surface area contributed by atoms with Crippen molar-refractivity contribution < 1.29 is 9.59 Å². The van der Waals surface area contributed by atoms with Crippen LogP contribution in [-0.2, 0) is 9.59 Å². The predicted molar refractivity (Wildman–Crippen MR) is 127 cm³/mol. The molecule has 0 spiro atoms. The van der Waals surface area contributed by atoms with E-state index in [0.29, 0.717) is 19.1 Å². The molecule has 0 bridgehead atoms. The average Bonchev–Trinajstić information content (AvgIpc) is 2.82. The molecular formula is C24H34N4O2S. The normalized spacial score (nSPS) is 24.5. The van der Waals surface area contributed by atoms with Gasteiger partial charge >= 0.3 is 0 Å². The van der Waals surface area contributed by atoms with Gasteiger partial charge < -0.3 is 10.2 Å². The van der Waals surface area contributed by atoms with Gasteiger partial charge in [0.05, 0.1) is 12.5 Å². The Bertz CT molecular complexity index is 758. The van der Waals surface area contributed by atoms with Crippen molar-refractivity contribution in [2.24, 2.45) is 0 Å². The van der Waals surface area contributed by atoms with Crippen LogP contribution in [0, 0.1) is 0 Å². The molecule has 0 saturated carbocycles. The van der Waals surface area contributed by atoms with E-state index in [1.54, 1.807) is 0 Å². The van der Waals surface area contributed by atoms with Gasteiger partial charge in [-0.25, -0.2) is 0 Å². The zero-order chi connectivity index (χ0) is 21.5. The lowest BCUT2D eigenvalue weighted by atomic mass is 10.0. The molecule has 3 aliphatic heterocycles. The van der Waals surface area contributed by atoms with E-state index in [-0.39, 0.29) is 24.3 Å². The van der Waals surface area contributed by atoms with E-state index >= 15 is 0 Å². The molecule has 168 valence electrons. The average molecular weight is 443 g/mol. The number of thioether (sulfide) groups is 1. The summed E-state index contributed by atoms with van der Waals surface area (Å²) >= 11 is 2.04. The Morgan fingerprint density at radius 1 is 1.06 bits per heavy atom. The summed E-state index contributed by atoms with van der Waals surface area (Å²) in [6.07, 6.45) is 6.55. The van der Waals surface area contributed by atoms with Gasteiger partial charge in [-0.2, -0.15) is 11.8 Å². The van der Waals surface area contributed by atoms with E-state index in [9.17, 15) is 9.59 Å². The van der Waals surface area contributed by atoms with Gasteiger partial charge in [-0.05, 0) is 18.4 Å². The molecule has 3 heterocycles. The number of carbonyl (C=O) groups excluding carboxylic acids is 2. The standard InChI is InChI=1S/C24H34N4O2S/c29-23(28-12-8-21(9-13-28)26-15-17-31-18-16-26)19-22-24(30)25-10-14-27(22)11-4-7-20-5-2-1-3-6-20/h1-7,21-22H,8-19H2,(H,25,30)/b7-4+/t22-/m1/s1. The molecular weight excluding hydrogens is 408 g/mol. The van der Waals surface area contributed by atoms with E-state index in [1.807, 2.05) is 34.9 Å². The molecule has 7 heteroatoms. The number of rotatable bonds is 6. The van der Waals surface area contributed by atoms with E-state index in [2.05, 4.69) is 39.4 Å². The first kappa shape index (κ1) is 22.4. The third-order valence-corrected chi connectivity index (χ3v) is 7.58. The number of piperidine rings is 1. The Labute approximate surface area is 190 Å². The Morgan fingerprint density at radius 3 is 2.55 bits per heavy atom. The van der Waals surface area contributed by atoms with Crippen LogP contribution >= 0.6 is 11.8 Å². The lowest BCUT2D eigenvalue weighted by Crippen LogP contribution is -2.57. The molecule has 1 atom stereocenters. The fraction of sp³-hybridized carbons (Fsp3) is 0.583. The molecule has 1 aromatic carbocycles. The third kappa shape index (κ3) is 6.11. The first-order valence-electron chi connectivity index (χ1n) is 11.5. The van der Waals surface area contributed by atoms with Crippen LogP contribution in [0.15, 0.2) is 36.4 Å². The summed E-state index contributed by atoms with van der Waals surface area (Å²) < 4.78 is 0. The number of likely N-dealkylation sites (tertiary alicyclic amines) is 1. The molecule has 3 aliphatic rings. The van der Waals surface area contributed by atoms with Crippen molar-refractivity contribution in [3.8, 4) is 0 Å². The molecule has 4 rings (SSSR count). The number of hydrogen-bond donors (Lipinski definition) is 1. The maximum atomic E-state index is 13.0. The van der Waals surface area contributed by atoms with Gasteiger partial charge in [0.1, 0.15) is 0 Å². The van der Waals surface area contributed by atoms with Crippen molar-refractivity contribution in [2.75, 3.05) is 57.3 Å². The summed E-state index contributed by atoms with van der Waals surface area (Å²) in [5.74, 6) is 2.55. The minimum atomic E-state index is -0.376. The van der Waals surface area contributed by atoms with Crippen molar-refractivity contribution >= 4 is 29.7 Å². The van der Waals surface area contributed by atoms with Crippen molar-refractivity contribution in [3.05, 3.63) is 42.0 Å². The largest absolute Gasteiger partial charge is 0.353 e. The summed E-state index contributed by atoms with van der Waals surface area (Å²) in [6.45, 7) is 6.08.